The van der Waals surface area contributed by atoms with E-state index >= 15 is 0 Å². The Morgan fingerprint density at radius 3 is 2.22 bits per heavy atom. The zero-order valence-corrected chi connectivity index (χ0v) is 21.5. The number of hydrogen-bond donors (Lipinski definition) is 1. The Balaban J connectivity index is 1.57. The molecule has 0 saturated carbocycles. The van der Waals surface area contributed by atoms with Gasteiger partial charge in [-0.25, -0.2) is 14.9 Å². The number of anilines is 2. The highest BCUT2D eigenvalue weighted by atomic mass is 35.5. The first kappa shape index (κ1) is 24.9. The molecule has 9 nitrogen and oxygen atoms in total. The normalized spacial score (nSPS) is 17.1. The summed E-state index contributed by atoms with van der Waals surface area (Å²) in [5.41, 5.74) is 1.55. The van der Waals surface area contributed by atoms with Crippen molar-refractivity contribution in [2.45, 2.75) is 23.9 Å². The summed E-state index contributed by atoms with van der Waals surface area (Å²) >= 11 is 12.3. The predicted molar refractivity (Wildman–Crippen MR) is 137 cm³/mol. The minimum Gasteiger partial charge on any atom is -0.283 e. The number of halogens is 2. The molecule has 37 heavy (non-hydrogen) atoms. The molecule has 12 heteroatoms. The number of carbonyl (C=O) groups excluding carboxylic acids is 1. The number of fused-ring (bicyclic) bond motifs is 1. The minimum absolute atomic E-state index is 0.0127. The predicted octanol–water partition coefficient (Wildman–Crippen LogP) is 5.01. The van der Waals surface area contributed by atoms with Crippen LogP contribution >= 0.6 is 23.2 Å². The Morgan fingerprint density at radius 1 is 1.00 bits per heavy atom. The number of nitrogens with zero attached hydrogens (tertiary/aromatic N) is 5. The topological polar surface area (TPSA) is 129 Å². The van der Waals surface area contributed by atoms with Crippen molar-refractivity contribution < 1.29 is 17.8 Å². The Bertz CT molecular complexity index is 1680. The summed E-state index contributed by atoms with van der Waals surface area (Å²) in [4.78, 5) is 23.3. The fourth-order valence-electron chi connectivity index (χ4n) is 4.46. The highest BCUT2D eigenvalue weighted by Gasteiger charge is 2.51. The SMILES string of the molecule is C[C@@]1(Cc2ccc(-c3ccc(C#N)nc3)cc2)C(=O)N(c2cc(Cl)cc(Cl)c2)c2ncc(S(=O)(=O)O)n21. The number of hydrogen-bond acceptors (Lipinski definition) is 6. The third kappa shape index (κ3) is 4.36. The average Bonchev–Trinajstić information content (AvgIpc) is 3.37. The standard InChI is InChI=1S/C25H17Cl2N5O4S/c1-25(11-15-2-4-16(5-3-15)17-6-7-20(12-28)29-13-17)23(33)31(21-9-18(26)8-19(27)10-21)24-30-14-22(32(24)25)37(34,35)36/h2-10,13-14H,11H2,1H3,(H,34,35,36)/t25-/m1/s1. The number of imidazole rings is 1. The van der Waals surface area contributed by atoms with Crippen LogP contribution in [0.2, 0.25) is 10.0 Å². The largest absolute Gasteiger partial charge is 0.312 e. The Kier molecular flexibility index (Phi) is 6.04. The van der Waals surface area contributed by atoms with Gasteiger partial charge in [-0.15, -0.1) is 0 Å². The zero-order valence-electron chi connectivity index (χ0n) is 19.1. The average molecular weight is 554 g/mol. The molecule has 0 bridgehead atoms. The maximum absolute atomic E-state index is 13.9. The number of rotatable bonds is 5. The van der Waals surface area contributed by atoms with Gasteiger partial charge in [0.05, 0.1) is 11.9 Å². The molecule has 5 rings (SSSR count). The molecule has 0 spiro atoms. The monoisotopic (exact) mass is 553 g/mol. The van der Waals surface area contributed by atoms with Gasteiger partial charge in [0.2, 0.25) is 5.95 Å². The van der Waals surface area contributed by atoms with Gasteiger partial charge in [0, 0.05) is 28.2 Å². The van der Waals surface area contributed by atoms with E-state index in [0.717, 1.165) is 22.9 Å². The van der Waals surface area contributed by atoms with E-state index in [1.165, 1.54) is 27.7 Å². The second kappa shape index (κ2) is 8.97. The second-order valence-electron chi connectivity index (χ2n) is 8.67. The number of benzene rings is 2. The molecule has 0 saturated heterocycles. The van der Waals surface area contributed by atoms with Crippen molar-refractivity contribution in [1.82, 2.24) is 14.5 Å². The summed E-state index contributed by atoms with van der Waals surface area (Å²) in [5, 5.41) is 9.00. The molecule has 1 N–H and O–H groups in total. The van der Waals surface area contributed by atoms with Crippen molar-refractivity contribution in [1.29, 1.82) is 5.26 Å². The van der Waals surface area contributed by atoms with Gasteiger partial charge < -0.3 is 0 Å². The number of pyridine rings is 1. The van der Waals surface area contributed by atoms with E-state index in [2.05, 4.69) is 9.97 Å². The van der Waals surface area contributed by atoms with E-state index in [-0.39, 0.29) is 22.4 Å². The molecular weight excluding hydrogens is 537 g/mol. The molecule has 3 heterocycles. The lowest BCUT2D eigenvalue weighted by atomic mass is 9.91. The molecule has 1 aliphatic heterocycles. The molecule has 4 aromatic rings. The first-order valence-electron chi connectivity index (χ1n) is 10.8. The fraction of sp³-hybridized carbons (Fsp3) is 0.120. The molecule has 0 unspecified atom stereocenters. The van der Waals surface area contributed by atoms with E-state index < -0.39 is 26.6 Å². The van der Waals surface area contributed by atoms with Crippen LogP contribution in [-0.2, 0) is 26.9 Å². The molecule has 1 amide bonds. The van der Waals surface area contributed by atoms with Crippen LogP contribution in [0.15, 0.2) is 72.0 Å². The summed E-state index contributed by atoms with van der Waals surface area (Å²) < 4.78 is 35.5. The van der Waals surface area contributed by atoms with Crippen LogP contribution in [0, 0.1) is 11.3 Å². The highest BCUT2D eigenvalue weighted by molar-refractivity contribution is 7.85. The smallest absolute Gasteiger partial charge is 0.283 e. The van der Waals surface area contributed by atoms with E-state index in [1.807, 2.05) is 30.3 Å². The van der Waals surface area contributed by atoms with Crippen LogP contribution in [0.1, 0.15) is 18.2 Å². The molecule has 1 aliphatic rings. The molecule has 186 valence electrons. The number of aromatic nitrogens is 3. The lowest BCUT2D eigenvalue weighted by Crippen LogP contribution is -2.41. The Hall–Kier alpha value is -3.75. The third-order valence-electron chi connectivity index (χ3n) is 6.15. The van der Waals surface area contributed by atoms with Gasteiger partial charge in [0.25, 0.3) is 5.91 Å². The molecular formula is C25H17Cl2N5O4S. The maximum atomic E-state index is 13.9. The molecule has 2 aromatic carbocycles. The Morgan fingerprint density at radius 2 is 1.65 bits per heavy atom. The van der Waals surface area contributed by atoms with Gasteiger partial charge in [-0.3, -0.25) is 13.9 Å². The van der Waals surface area contributed by atoms with Gasteiger partial charge >= 0.3 is 10.1 Å². The van der Waals surface area contributed by atoms with Gasteiger partial charge in [0.1, 0.15) is 17.3 Å². The summed E-state index contributed by atoms with van der Waals surface area (Å²) in [6.45, 7) is 1.58. The summed E-state index contributed by atoms with van der Waals surface area (Å²) in [6.07, 6.45) is 2.70. The van der Waals surface area contributed by atoms with Gasteiger partial charge in [0.15, 0.2) is 5.03 Å². The van der Waals surface area contributed by atoms with Crippen LogP contribution in [0.5, 0.6) is 0 Å². The first-order valence-corrected chi connectivity index (χ1v) is 13.0. The third-order valence-corrected chi connectivity index (χ3v) is 7.40. The van der Waals surface area contributed by atoms with Gasteiger partial charge in [-0.05, 0) is 48.4 Å². The van der Waals surface area contributed by atoms with Crippen molar-refractivity contribution in [2.24, 2.45) is 0 Å². The molecule has 0 fully saturated rings. The van der Waals surface area contributed by atoms with Crippen LogP contribution in [0.25, 0.3) is 11.1 Å². The van der Waals surface area contributed by atoms with E-state index in [0.29, 0.717) is 11.4 Å². The van der Waals surface area contributed by atoms with Gasteiger partial charge in [-0.1, -0.05) is 47.5 Å². The number of carbonyl (C=O) groups is 1. The van der Waals surface area contributed by atoms with Crippen LogP contribution in [-0.4, -0.2) is 33.4 Å². The molecule has 2 aromatic heterocycles. The van der Waals surface area contributed by atoms with Crippen molar-refractivity contribution in [2.75, 3.05) is 4.90 Å². The highest BCUT2D eigenvalue weighted by Crippen LogP contribution is 2.44. The Labute approximate surface area is 222 Å². The minimum atomic E-state index is -4.70. The molecule has 1 atom stereocenters. The van der Waals surface area contributed by atoms with Crippen LogP contribution < -0.4 is 4.90 Å². The van der Waals surface area contributed by atoms with Crippen molar-refractivity contribution in [3.05, 3.63) is 88.3 Å². The molecule has 0 radical (unpaired) electrons. The quantitative estimate of drug-likeness (QED) is 0.344. The molecule has 0 aliphatic carbocycles. The van der Waals surface area contributed by atoms with E-state index in [9.17, 15) is 17.8 Å². The number of amides is 1. The van der Waals surface area contributed by atoms with E-state index in [4.69, 9.17) is 28.5 Å². The zero-order chi connectivity index (χ0) is 26.5. The van der Waals surface area contributed by atoms with E-state index in [1.54, 1.807) is 25.3 Å². The second-order valence-corrected chi connectivity index (χ2v) is 10.9. The lowest BCUT2D eigenvalue weighted by Gasteiger charge is -2.26. The summed E-state index contributed by atoms with van der Waals surface area (Å²) in [6, 6.07) is 17.2. The first-order chi connectivity index (χ1) is 17.5. The van der Waals surface area contributed by atoms with Crippen molar-refractivity contribution in [3.8, 4) is 17.2 Å². The van der Waals surface area contributed by atoms with Crippen LogP contribution in [0.3, 0.4) is 0 Å². The fourth-order valence-corrected chi connectivity index (χ4v) is 5.67. The van der Waals surface area contributed by atoms with Gasteiger partial charge in [-0.2, -0.15) is 13.7 Å². The van der Waals surface area contributed by atoms with Crippen molar-refractivity contribution in [3.63, 3.8) is 0 Å². The van der Waals surface area contributed by atoms with Crippen molar-refractivity contribution >= 4 is 50.9 Å². The summed E-state index contributed by atoms with van der Waals surface area (Å²) in [5.74, 6) is -0.460. The lowest BCUT2D eigenvalue weighted by molar-refractivity contribution is -0.124. The summed E-state index contributed by atoms with van der Waals surface area (Å²) in [7, 11) is -4.70. The maximum Gasteiger partial charge on any atom is 0.312 e. The van der Waals surface area contributed by atoms with Crippen LogP contribution in [0.4, 0.5) is 11.6 Å². The number of nitriles is 1.